The van der Waals surface area contributed by atoms with Crippen LogP contribution in [0.4, 0.5) is 4.39 Å². The van der Waals surface area contributed by atoms with Crippen molar-refractivity contribution < 1.29 is 26.3 Å². The molecule has 1 aromatic rings. The van der Waals surface area contributed by atoms with Gasteiger partial charge in [-0.3, -0.25) is 0 Å². The summed E-state index contributed by atoms with van der Waals surface area (Å²) in [6.07, 6.45) is 1.06. The predicted molar refractivity (Wildman–Crippen MR) is 71.0 cm³/mol. The molecule has 0 aliphatic carbocycles. The second-order valence-electron chi connectivity index (χ2n) is 4.40. The molecule has 0 amide bonds. The molecule has 0 spiro atoms. The van der Waals surface area contributed by atoms with E-state index in [-0.39, 0.29) is 17.9 Å². The van der Waals surface area contributed by atoms with Crippen LogP contribution in [-0.2, 0) is 19.9 Å². The minimum Gasteiger partial charge on any atom is -0.396 e. The van der Waals surface area contributed by atoms with Crippen molar-refractivity contribution in [3.05, 3.63) is 24.0 Å². The Bertz CT molecular complexity index is 685. The highest BCUT2D eigenvalue weighted by Crippen LogP contribution is 2.20. The molecule has 0 aromatic heterocycles. The molecule has 1 atom stereocenters. The quantitative estimate of drug-likeness (QED) is 0.732. The number of aliphatic hydroxyl groups excluding tert-OH is 1. The number of hydrogen-bond acceptors (Lipinski definition) is 5. The minimum atomic E-state index is -4.20. The van der Waals surface area contributed by atoms with Crippen LogP contribution < -0.4 is 4.72 Å². The van der Waals surface area contributed by atoms with Crippen molar-refractivity contribution in [3.8, 4) is 0 Å². The van der Waals surface area contributed by atoms with Crippen LogP contribution in [0, 0.1) is 5.82 Å². The van der Waals surface area contributed by atoms with Gasteiger partial charge in [0.05, 0.1) is 4.90 Å². The van der Waals surface area contributed by atoms with Crippen molar-refractivity contribution in [1.82, 2.24) is 4.72 Å². The van der Waals surface area contributed by atoms with Gasteiger partial charge in [-0.2, -0.15) is 0 Å². The molecule has 0 fully saturated rings. The molecular formula is C11H16FNO5S2. The van der Waals surface area contributed by atoms with Gasteiger partial charge >= 0.3 is 0 Å². The third-order valence-corrected chi connectivity index (χ3v) is 5.25. The standard InChI is InChI=1S/C11H16FNO5S2/c1-8(5-6-14)13-20(17,18)11-7-9(19(2,15)16)3-4-10(11)12/h3-4,7-8,13-14H,5-6H2,1-2H3. The van der Waals surface area contributed by atoms with E-state index in [0.717, 1.165) is 24.5 Å². The molecular weight excluding hydrogens is 309 g/mol. The monoisotopic (exact) mass is 325 g/mol. The third kappa shape index (κ3) is 4.23. The van der Waals surface area contributed by atoms with E-state index in [0.29, 0.717) is 0 Å². The summed E-state index contributed by atoms with van der Waals surface area (Å²) in [6.45, 7) is 1.28. The first-order chi connectivity index (χ1) is 9.08. The lowest BCUT2D eigenvalue weighted by Gasteiger charge is -2.14. The van der Waals surface area contributed by atoms with E-state index >= 15 is 0 Å². The van der Waals surface area contributed by atoms with E-state index in [9.17, 15) is 21.2 Å². The fourth-order valence-corrected chi connectivity index (χ4v) is 3.60. The lowest BCUT2D eigenvalue weighted by molar-refractivity contribution is 0.275. The summed E-state index contributed by atoms with van der Waals surface area (Å²) in [4.78, 5) is -1.01. The fourth-order valence-electron chi connectivity index (χ4n) is 1.50. The Morgan fingerprint density at radius 1 is 1.30 bits per heavy atom. The van der Waals surface area contributed by atoms with Gasteiger partial charge in [0, 0.05) is 18.9 Å². The molecule has 1 rings (SSSR count). The van der Waals surface area contributed by atoms with Crippen molar-refractivity contribution in [1.29, 1.82) is 0 Å². The summed E-state index contributed by atoms with van der Waals surface area (Å²) in [5.74, 6) is -1.04. The lowest BCUT2D eigenvalue weighted by atomic mass is 10.3. The van der Waals surface area contributed by atoms with Crippen molar-refractivity contribution >= 4 is 19.9 Å². The average Bonchev–Trinajstić information content (AvgIpc) is 2.26. The highest BCUT2D eigenvalue weighted by molar-refractivity contribution is 7.91. The molecule has 0 saturated heterocycles. The number of sulfone groups is 1. The highest BCUT2D eigenvalue weighted by Gasteiger charge is 2.23. The Labute approximate surface area is 117 Å². The lowest BCUT2D eigenvalue weighted by Crippen LogP contribution is -2.33. The zero-order valence-corrected chi connectivity index (χ0v) is 12.6. The van der Waals surface area contributed by atoms with E-state index < -0.39 is 36.6 Å². The van der Waals surface area contributed by atoms with Crippen molar-refractivity contribution in [3.63, 3.8) is 0 Å². The van der Waals surface area contributed by atoms with E-state index in [4.69, 9.17) is 5.11 Å². The Morgan fingerprint density at radius 2 is 1.90 bits per heavy atom. The third-order valence-electron chi connectivity index (χ3n) is 2.54. The highest BCUT2D eigenvalue weighted by atomic mass is 32.2. The summed E-state index contributed by atoms with van der Waals surface area (Å²) in [5, 5.41) is 8.72. The first-order valence-corrected chi connectivity index (χ1v) is 9.08. The van der Waals surface area contributed by atoms with E-state index in [1.807, 2.05) is 0 Å². The van der Waals surface area contributed by atoms with Gasteiger partial charge in [-0.05, 0) is 31.5 Å². The minimum absolute atomic E-state index is 0.159. The Hall–Kier alpha value is -1.03. The van der Waals surface area contributed by atoms with Crippen molar-refractivity contribution in [2.24, 2.45) is 0 Å². The predicted octanol–water partition coefficient (Wildman–Crippen LogP) is 0.278. The second kappa shape index (κ2) is 6.17. The molecule has 2 N–H and O–H groups in total. The maximum atomic E-state index is 13.6. The van der Waals surface area contributed by atoms with Gasteiger partial charge < -0.3 is 5.11 Å². The van der Waals surface area contributed by atoms with Gasteiger partial charge in [-0.25, -0.2) is 25.9 Å². The van der Waals surface area contributed by atoms with E-state index in [1.54, 1.807) is 0 Å². The summed E-state index contributed by atoms with van der Waals surface area (Å²) >= 11 is 0. The Morgan fingerprint density at radius 3 is 2.40 bits per heavy atom. The van der Waals surface area contributed by atoms with Crippen molar-refractivity contribution in [2.45, 2.75) is 29.2 Å². The summed E-state index contributed by atoms with van der Waals surface area (Å²) < 4.78 is 62.5. The first kappa shape index (κ1) is 17.0. The van der Waals surface area contributed by atoms with Crippen LogP contribution in [-0.4, -0.2) is 40.8 Å². The Kier molecular flexibility index (Phi) is 5.25. The average molecular weight is 325 g/mol. The zero-order valence-electron chi connectivity index (χ0n) is 11.0. The maximum absolute atomic E-state index is 13.6. The number of benzene rings is 1. The zero-order chi connectivity index (χ0) is 15.6. The molecule has 0 bridgehead atoms. The number of aliphatic hydroxyl groups is 1. The topological polar surface area (TPSA) is 101 Å². The van der Waals surface area contributed by atoms with Gasteiger partial charge in [0.15, 0.2) is 9.84 Å². The normalized spacial score (nSPS) is 14.2. The summed E-state index contributed by atoms with van der Waals surface area (Å²) in [6, 6.07) is 1.97. The molecule has 0 radical (unpaired) electrons. The first-order valence-electron chi connectivity index (χ1n) is 5.70. The molecule has 0 saturated carbocycles. The molecule has 20 heavy (non-hydrogen) atoms. The fraction of sp³-hybridized carbons (Fsp3) is 0.455. The van der Waals surface area contributed by atoms with Crippen LogP contribution in [0.2, 0.25) is 0 Å². The number of hydrogen-bond donors (Lipinski definition) is 2. The van der Waals surface area contributed by atoms with Crippen LogP contribution in [0.3, 0.4) is 0 Å². The number of sulfonamides is 1. The molecule has 0 heterocycles. The van der Waals surface area contributed by atoms with E-state index in [1.165, 1.54) is 6.92 Å². The molecule has 1 aromatic carbocycles. The van der Waals surface area contributed by atoms with Crippen LogP contribution >= 0.6 is 0 Å². The molecule has 6 nitrogen and oxygen atoms in total. The number of nitrogens with one attached hydrogen (secondary N) is 1. The van der Waals surface area contributed by atoms with Crippen LogP contribution in [0.1, 0.15) is 13.3 Å². The van der Waals surface area contributed by atoms with Crippen LogP contribution in [0.5, 0.6) is 0 Å². The van der Waals surface area contributed by atoms with Crippen LogP contribution in [0.25, 0.3) is 0 Å². The molecule has 1 unspecified atom stereocenters. The number of halogens is 1. The molecule has 114 valence electrons. The summed E-state index contributed by atoms with van der Waals surface area (Å²) in [7, 11) is -7.84. The largest absolute Gasteiger partial charge is 0.396 e. The maximum Gasteiger partial charge on any atom is 0.243 e. The summed E-state index contributed by atoms with van der Waals surface area (Å²) in [5.41, 5.74) is 0. The van der Waals surface area contributed by atoms with Gasteiger partial charge in [0.2, 0.25) is 10.0 Å². The van der Waals surface area contributed by atoms with Crippen LogP contribution in [0.15, 0.2) is 28.0 Å². The van der Waals surface area contributed by atoms with Crippen molar-refractivity contribution in [2.75, 3.05) is 12.9 Å². The van der Waals surface area contributed by atoms with Gasteiger partial charge in [0.25, 0.3) is 0 Å². The van der Waals surface area contributed by atoms with Gasteiger partial charge in [-0.15, -0.1) is 0 Å². The number of rotatable bonds is 6. The Balaban J connectivity index is 3.24. The SMILES string of the molecule is CC(CCO)NS(=O)(=O)c1cc(S(C)(=O)=O)ccc1F. The second-order valence-corrected chi connectivity index (χ2v) is 8.10. The van der Waals surface area contributed by atoms with E-state index in [2.05, 4.69) is 4.72 Å². The van der Waals surface area contributed by atoms with Gasteiger partial charge in [0.1, 0.15) is 10.7 Å². The molecule has 9 heteroatoms. The molecule has 0 aliphatic heterocycles. The van der Waals surface area contributed by atoms with Gasteiger partial charge in [-0.1, -0.05) is 0 Å². The molecule has 0 aliphatic rings. The smallest absolute Gasteiger partial charge is 0.243 e.